The Morgan fingerprint density at radius 3 is 2.62 bits per heavy atom. The lowest BCUT2D eigenvalue weighted by molar-refractivity contribution is -0.283. The molecule has 3 atom stereocenters. The van der Waals surface area contributed by atoms with Gasteiger partial charge in [0.05, 0.1) is 0 Å². The van der Waals surface area contributed by atoms with Gasteiger partial charge in [-0.05, 0) is 36.5 Å². The second-order valence-electron chi connectivity index (χ2n) is 11.1. The predicted octanol–water partition coefficient (Wildman–Crippen LogP) is 4.10. The molecule has 5 aliphatic rings. The van der Waals surface area contributed by atoms with E-state index in [1.54, 1.807) is 5.06 Å². The molecule has 1 aromatic heterocycles. The van der Waals surface area contributed by atoms with Gasteiger partial charge in [-0.25, -0.2) is 5.06 Å². The molecule has 2 bridgehead atoms. The zero-order valence-electron chi connectivity index (χ0n) is 19.6. The smallest absolute Gasteiger partial charge is 0.273 e. The standard InChI is InChI=1S/C28H29N3O3/c1-26(2)22-16-27-13-8-14-30(27)25(33)28(22,15-20-19-11-6-7-12-21(19)29-23(20)26)31(24(27)32)34-17-18-9-4-3-5-10-18/h3-7,9-12,22,29H,8,13-17H2,1-2H3/t22-,27+,28+/m1/s1. The fourth-order valence-electron chi connectivity index (χ4n) is 7.57. The number of hydrogen-bond donors (Lipinski definition) is 1. The molecule has 2 amide bonds. The highest BCUT2D eigenvalue weighted by atomic mass is 16.7. The third-order valence-electron chi connectivity index (χ3n) is 9.15. The molecule has 6 heteroatoms. The minimum Gasteiger partial charge on any atom is -0.358 e. The van der Waals surface area contributed by atoms with Gasteiger partial charge in [-0.1, -0.05) is 62.4 Å². The van der Waals surface area contributed by atoms with Gasteiger partial charge < -0.3 is 9.88 Å². The first-order valence-corrected chi connectivity index (χ1v) is 12.3. The third kappa shape index (κ3) is 2.25. The number of fused-ring (bicyclic) bond motifs is 4. The molecule has 0 radical (unpaired) electrons. The van der Waals surface area contributed by atoms with Crippen LogP contribution in [0.1, 0.15) is 49.9 Å². The van der Waals surface area contributed by atoms with Crippen LogP contribution < -0.4 is 0 Å². The lowest BCUT2D eigenvalue weighted by Crippen LogP contribution is -2.85. The second-order valence-corrected chi connectivity index (χ2v) is 11.1. The van der Waals surface area contributed by atoms with Crippen LogP contribution in [0.4, 0.5) is 0 Å². The van der Waals surface area contributed by atoms with Crippen LogP contribution in [-0.4, -0.2) is 44.4 Å². The van der Waals surface area contributed by atoms with Gasteiger partial charge in [0.2, 0.25) is 0 Å². The number of piperidine rings is 2. The molecule has 0 saturated carbocycles. The Bertz CT molecular complexity index is 1350. The highest BCUT2D eigenvalue weighted by molar-refractivity contribution is 6.05. The predicted molar refractivity (Wildman–Crippen MR) is 128 cm³/mol. The van der Waals surface area contributed by atoms with E-state index in [1.165, 1.54) is 5.69 Å². The summed E-state index contributed by atoms with van der Waals surface area (Å²) in [5, 5.41) is 2.68. The maximum atomic E-state index is 14.4. The van der Waals surface area contributed by atoms with Crippen LogP contribution in [0.25, 0.3) is 10.9 Å². The summed E-state index contributed by atoms with van der Waals surface area (Å²) in [6, 6.07) is 18.2. The number of nitrogens with one attached hydrogen (secondary N) is 1. The summed E-state index contributed by atoms with van der Waals surface area (Å²) < 4.78 is 0. The number of piperazine rings is 1. The van der Waals surface area contributed by atoms with E-state index in [4.69, 9.17) is 4.84 Å². The minimum atomic E-state index is -1.03. The van der Waals surface area contributed by atoms with Crippen LogP contribution in [0, 0.1) is 5.92 Å². The van der Waals surface area contributed by atoms with Gasteiger partial charge in [0.25, 0.3) is 11.8 Å². The molecule has 4 aliphatic heterocycles. The zero-order chi connectivity index (χ0) is 23.3. The average Bonchev–Trinajstić information content (AvgIpc) is 3.44. The van der Waals surface area contributed by atoms with Crippen LogP contribution >= 0.6 is 0 Å². The highest BCUT2D eigenvalue weighted by Gasteiger charge is 2.76. The van der Waals surface area contributed by atoms with E-state index in [9.17, 15) is 9.59 Å². The summed E-state index contributed by atoms with van der Waals surface area (Å²) in [5.74, 6) is 0.00433. The SMILES string of the molecule is CC1(C)c2[nH]c3ccccc3c2C[C@@]23C(=O)N4CCC[C@]4(C[C@H]12)C(=O)N3OCc1ccccc1. The first-order chi connectivity index (χ1) is 16.4. The van der Waals surface area contributed by atoms with Crippen molar-refractivity contribution in [2.75, 3.05) is 6.54 Å². The maximum absolute atomic E-state index is 14.4. The lowest BCUT2D eigenvalue weighted by Gasteiger charge is -2.66. The van der Waals surface area contributed by atoms with Crippen molar-refractivity contribution in [3.05, 3.63) is 71.4 Å². The molecule has 4 fully saturated rings. The van der Waals surface area contributed by atoms with E-state index >= 15 is 0 Å². The Balaban J connectivity index is 1.43. The Morgan fingerprint density at radius 1 is 1.03 bits per heavy atom. The molecular formula is C28H29N3O3. The molecule has 0 unspecified atom stereocenters. The maximum Gasteiger partial charge on any atom is 0.273 e. The van der Waals surface area contributed by atoms with Crippen LogP contribution in [-0.2, 0) is 32.9 Å². The number of rotatable bonds is 3. The normalized spacial score (nSPS) is 31.1. The first-order valence-electron chi connectivity index (χ1n) is 12.3. The van der Waals surface area contributed by atoms with E-state index in [0.717, 1.165) is 28.5 Å². The molecule has 4 saturated heterocycles. The largest absolute Gasteiger partial charge is 0.358 e. The topological polar surface area (TPSA) is 65.6 Å². The van der Waals surface area contributed by atoms with Gasteiger partial charge in [-0.3, -0.25) is 14.4 Å². The second kappa shape index (κ2) is 6.51. The number of nitrogens with zero attached hydrogens (tertiary/aromatic N) is 2. The molecule has 1 N–H and O–H groups in total. The van der Waals surface area contributed by atoms with Crippen molar-refractivity contribution in [2.45, 2.75) is 62.6 Å². The molecular weight excluding hydrogens is 426 g/mol. The molecule has 2 aromatic carbocycles. The monoisotopic (exact) mass is 455 g/mol. The fraction of sp³-hybridized carbons (Fsp3) is 0.429. The summed E-state index contributed by atoms with van der Waals surface area (Å²) in [5.41, 5.74) is 2.28. The molecule has 1 aliphatic carbocycles. The molecule has 6 nitrogen and oxygen atoms in total. The number of H-pyrrole nitrogens is 1. The Kier molecular flexibility index (Phi) is 3.88. The van der Waals surface area contributed by atoms with Gasteiger partial charge in [-0.2, -0.15) is 0 Å². The summed E-state index contributed by atoms with van der Waals surface area (Å²) in [6.07, 6.45) is 2.75. The number of hydrogen-bond acceptors (Lipinski definition) is 3. The summed E-state index contributed by atoms with van der Waals surface area (Å²) in [6.45, 7) is 5.39. The van der Waals surface area contributed by atoms with Crippen molar-refractivity contribution >= 4 is 22.7 Å². The molecule has 34 heavy (non-hydrogen) atoms. The van der Waals surface area contributed by atoms with E-state index in [2.05, 4.69) is 31.0 Å². The van der Waals surface area contributed by atoms with Crippen LogP contribution in [0.3, 0.4) is 0 Å². The average molecular weight is 456 g/mol. The minimum absolute atomic E-state index is 0.0316. The van der Waals surface area contributed by atoms with Gasteiger partial charge in [0, 0.05) is 40.9 Å². The number of benzene rings is 2. The third-order valence-corrected chi connectivity index (χ3v) is 9.15. The van der Waals surface area contributed by atoms with Crippen molar-refractivity contribution in [2.24, 2.45) is 5.92 Å². The highest BCUT2D eigenvalue weighted by Crippen LogP contribution is 2.62. The van der Waals surface area contributed by atoms with Gasteiger partial charge in [0.1, 0.15) is 12.1 Å². The van der Waals surface area contributed by atoms with E-state index < -0.39 is 11.1 Å². The Hall–Kier alpha value is -3.12. The van der Waals surface area contributed by atoms with Crippen molar-refractivity contribution in [3.63, 3.8) is 0 Å². The molecule has 5 heterocycles. The van der Waals surface area contributed by atoms with Gasteiger partial charge >= 0.3 is 0 Å². The van der Waals surface area contributed by atoms with E-state index in [1.807, 2.05) is 47.4 Å². The fourth-order valence-corrected chi connectivity index (χ4v) is 7.57. The molecule has 8 rings (SSSR count). The first kappa shape index (κ1) is 20.3. The number of para-hydroxylation sites is 1. The van der Waals surface area contributed by atoms with Crippen molar-refractivity contribution in [1.29, 1.82) is 0 Å². The number of hydroxylamine groups is 2. The summed E-state index contributed by atoms with van der Waals surface area (Å²) in [4.78, 5) is 40.5. The van der Waals surface area contributed by atoms with Gasteiger partial charge in [-0.15, -0.1) is 0 Å². The van der Waals surface area contributed by atoms with Crippen LogP contribution in [0.15, 0.2) is 54.6 Å². The quantitative estimate of drug-likeness (QED) is 0.647. The number of aromatic nitrogens is 1. The summed E-state index contributed by atoms with van der Waals surface area (Å²) in [7, 11) is 0. The van der Waals surface area contributed by atoms with E-state index in [-0.39, 0.29) is 29.8 Å². The van der Waals surface area contributed by atoms with Crippen molar-refractivity contribution in [3.8, 4) is 0 Å². The van der Waals surface area contributed by atoms with Crippen LogP contribution in [0.5, 0.6) is 0 Å². The number of amides is 2. The molecule has 174 valence electrons. The number of carbonyl (C=O) groups is 2. The van der Waals surface area contributed by atoms with Crippen LogP contribution in [0.2, 0.25) is 0 Å². The number of carbonyl (C=O) groups excluding carboxylic acids is 2. The molecule has 2 spiro atoms. The van der Waals surface area contributed by atoms with Crippen molar-refractivity contribution < 1.29 is 14.4 Å². The molecule has 3 aromatic rings. The van der Waals surface area contributed by atoms with E-state index in [0.29, 0.717) is 25.8 Å². The summed E-state index contributed by atoms with van der Waals surface area (Å²) >= 11 is 0. The van der Waals surface area contributed by atoms with Crippen molar-refractivity contribution in [1.82, 2.24) is 14.9 Å². The zero-order valence-corrected chi connectivity index (χ0v) is 19.6. The van der Waals surface area contributed by atoms with Gasteiger partial charge in [0.15, 0.2) is 5.54 Å². The Labute approximate surface area is 198 Å². The number of aromatic amines is 1. The Morgan fingerprint density at radius 2 is 1.79 bits per heavy atom. The lowest BCUT2D eigenvalue weighted by atomic mass is 9.51.